The van der Waals surface area contributed by atoms with Gasteiger partial charge in [0.25, 0.3) is 0 Å². The first kappa shape index (κ1) is 26.2. The van der Waals surface area contributed by atoms with E-state index in [1.807, 2.05) is 48.5 Å². The average molecular weight is 487 g/mol. The van der Waals surface area contributed by atoms with E-state index in [-0.39, 0.29) is 29.5 Å². The molecule has 0 spiro atoms. The first-order chi connectivity index (χ1) is 16.2. The van der Waals surface area contributed by atoms with Gasteiger partial charge in [0.1, 0.15) is 12.4 Å². The van der Waals surface area contributed by atoms with Crippen molar-refractivity contribution in [1.29, 1.82) is 0 Å². The smallest absolute Gasteiger partial charge is 0.224 e. The van der Waals surface area contributed by atoms with Crippen molar-refractivity contribution in [1.82, 2.24) is 9.62 Å². The number of aryl methyl sites for hydroxylation is 1. The van der Waals surface area contributed by atoms with E-state index in [2.05, 4.69) is 32.2 Å². The van der Waals surface area contributed by atoms with Crippen LogP contribution in [0.2, 0.25) is 0 Å². The molecule has 2 aromatic carbocycles. The number of rotatable bonds is 10. The molecule has 0 unspecified atom stereocenters. The monoisotopic (exact) mass is 486 g/mol. The first-order valence-electron chi connectivity index (χ1n) is 12.2. The van der Waals surface area contributed by atoms with Crippen molar-refractivity contribution in [2.75, 3.05) is 32.0 Å². The summed E-state index contributed by atoms with van der Waals surface area (Å²) < 4.78 is 33.1. The Kier molecular flexibility index (Phi) is 9.14. The number of piperidine rings is 1. The van der Waals surface area contributed by atoms with E-state index in [0.29, 0.717) is 39.0 Å². The summed E-state index contributed by atoms with van der Waals surface area (Å²) in [6, 6.07) is 17.9. The van der Waals surface area contributed by atoms with E-state index in [0.717, 1.165) is 23.3 Å². The van der Waals surface area contributed by atoms with Crippen LogP contribution in [0.25, 0.3) is 0 Å². The molecule has 0 radical (unpaired) electrons. The third-order valence-electron chi connectivity index (χ3n) is 6.21. The molecule has 0 aliphatic carbocycles. The maximum absolute atomic E-state index is 12.8. The standard InChI is InChI=1S/C27H38N2O4S/c1-27(2,3)24-15-7-8-16-25(24)33-19-17-28-26(30)23-14-9-18-29(21-23)34(31,32)20-10-13-22-11-5-4-6-12-22/h4-8,11-12,15-16,23H,9-10,13-14,17-21H2,1-3H3,(H,28,30)/t23-/m1/s1. The number of para-hydroxylation sites is 1. The Bertz CT molecular complexity index is 1030. The van der Waals surface area contributed by atoms with Crippen LogP contribution < -0.4 is 10.1 Å². The van der Waals surface area contributed by atoms with E-state index in [1.54, 1.807) is 0 Å². The third-order valence-corrected chi connectivity index (χ3v) is 8.14. The van der Waals surface area contributed by atoms with E-state index >= 15 is 0 Å². The summed E-state index contributed by atoms with van der Waals surface area (Å²) in [5.41, 5.74) is 2.24. The van der Waals surface area contributed by atoms with Gasteiger partial charge in [-0.05, 0) is 48.3 Å². The molecule has 0 saturated carbocycles. The Labute approximate surface area is 204 Å². The van der Waals surface area contributed by atoms with Crippen LogP contribution in [0.3, 0.4) is 0 Å². The van der Waals surface area contributed by atoms with Crippen molar-refractivity contribution < 1.29 is 17.9 Å². The first-order valence-corrected chi connectivity index (χ1v) is 13.8. The second kappa shape index (κ2) is 11.8. The lowest BCUT2D eigenvalue weighted by molar-refractivity contribution is -0.126. The molecule has 7 heteroatoms. The average Bonchev–Trinajstić information content (AvgIpc) is 2.82. The van der Waals surface area contributed by atoms with Gasteiger partial charge < -0.3 is 10.1 Å². The van der Waals surface area contributed by atoms with Gasteiger partial charge in [0.15, 0.2) is 0 Å². The Morgan fingerprint density at radius 2 is 1.79 bits per heavy atom. The molecule has 1 aliphatic heterocycles. The summed E-state index contributed by atoms with van der Waals surface area (Å²) in [6.07, 6.45) is 2.71. The summed E-state index contributed by atoms with van der Waals surface area (Å²) in [5, 5.41) is 2.93. The summed E-state index contributed by atoms with van der Waals surface area (Å²) in [6.45, 7) is 7.92. The lowest BCUT2D eigenvalue weighted by atomic mass is 9.86. The van der Waals surface area contributed by atoms with Gasteiger partial charge in [0, 0.05) is 13.1 Å². The van der Waals surface area contributed by atoms with Gasteiger partial charge in [-0.3, -0.25) is 4.79 Å². The van der Waals surface area contributed by atoms with Gasteiger partial charge in [-0.1, -0.05) is 69.3 Å². The van der Waals surface area contributed by atoms with Gasteiger partial charge in [-0.2, -0.15) is 0 Å². The molecule has 1 atom stereocenters. The predicted molar refractivity (Wildman–Crippen MR) is 136 cm³/mol. The minimum absolute atomic E-state index is 0.0298. The number of hydrogen-bond donors (Lipinski definition) is 1. The molecular weight excluding hydrogens is 448 g/mol. The molecule has 6 nitrogen and oxygen atoms in total. The maximum Gasteiger partial charge on any atom is 0.224 e. The second-order valence-corrected chi connectivity index (χ2v) is 12.1. The molecule has 1 saturated heterocycles. The topological polar surface area (TPSA) is 75.7 Å². The number of sulfonamides is 1. The highest BCUT2D eigenvalue weighted by atomic mass is 32.2. The SMILES string of the molecule is CC(C)(C)c1ccccc1OCCNC(=O)[C@@H]1CCCN(S(=O)(=O)CCCc2ccccc2)C1. The van der Waals surface area contributed by atoms with Crippen molar-refractivity contribution in [2.45, 2.75) is 51.9 Å². The van der Waals surface area contributed by atoms with Crippen molar-refractivity contribution in [3.8, 4) is 5.75 Å². The number of ether oxygens (including phenoxy) is 1. The van der Waals surface area contributed by atoms with E-state index in [9.17, 15) is 13.2 Å². The zero-order chi connectivity index (χ0) is 24.6. The highest BCUT2D eigenvalue weighted by molar-refractivity contribution is 7.89. The molecule has 0 bridgehead atoms. The van der Waals surface area contributed by atoms with E-state index in [4.69, 9.17) is 4.74 Å². The van der Waals surface area contributed by atoms with Gasteiger partial charge >= 0.3 is 0 Å². The van der Waals surface area contributed by atoms with E-state index in [1.165, 1.54) is 4.31 Å². The number of carbonyl (C=O) groups excluding carboxylic acids is 1. The zero-order valence-corrected chi connectivity index (χ0v) is 21.4. The molecule has 3 rings (SSSR count). The fourth-order valence-corrected chi connectivity index (χ4v) is 5.91. The highest BCUT2D eigenvalue weighted by Crippen LogP contribution is 2.30. The summed E-state index contributed by atoms with van der Waals surface area (Å²) in [7, 11) is -3.37. The molecule has 1 heterocycles. The molecule has 1 fully saturated rings. The van der Waals surface area contributed by atoms with Gasteiger partial charge in [0.05, 0.1) is 18.2 Å². The van der Waals surface area contributed by atoms with Crippen molar-refractivity contribution in [2.24, 2.45) is 5.92 Å². The Hall–Kier alpha value is -2.38. The van der Waals surface area contributed by atoms with Crippen LogP contribution in [0, 0.1) is 5.92 Å². The fraction of sp³-hybridized carbons (Fsp3) is 0.519. The molecule has 0 aromatic heterocycles. The zero-order valence-electron chi connectivity index (χ0n) is 20.6. The Balaban J connectivity index is 1.44. The molecule has 1 amide bonds. The van der Waals surface area contributed by atoms with Crippen LogP contribution in [0.4, 0.5) is 0 Å². The molecule has 1 N–H and O–H groups in total. The Morgan fingerprint density at radius 1 is 1.09 bits per heavy atom. The molecule has 2 aromatic rings. The summed E-state index contributed by atoms with van der Waals surface area (Å²) in [5.74, 6) is 0.517. The minimum Gasteiger partial charge on any atom is -0.491 e. The van der Waals surface area contributed by atoms with Crippen LogP contribution in [0.15, 0.2) is 54.6 Å². The number of carbonyl (C=O) groups is 1. The quantitative estimate of drug-likeness (QED) is 0.512. The van der Waals surface area contributed by atoms with Crippen molar-refractivity contribution in [3.63, 3.8) is 0 Å². The number of hydrogen-bond acceptors (Lipinski definition) is 4. The summed E-state index contributed by atoms with van der Waals surface area (Å²) in [4.78, 5) is 12.7. The minimum atomic E-state index is -3.37. The van der Waals surface area contributed by atoms with Crippen LogP contribution in [-0.2, 0) is 26.7 Å². The highest BCUT2D eigenvalue weighted by Gasteiger charge is 2.32. The lowest BCUT2D eigenvalue weighted by Crippen LogP contribution is -2.46. The number of benzene rings is 2. The van der Waals surface area contributed by atoms with E-state index < -0.39 is 10.0 Å². The number of amides is 1. The van der Waals surface area contributed by atoms with Crippen LogP contribution in [-0.4, -0.2) is 50.6 Å². The Morgan fingerprint density at radius 3 is 2.53 bits per heavy atom. The molecule has 34 heavy (non-hydrogen) atoms. The van der Waals surface area contributed by atoms with Crippen LogP contribution in [0.5, 0.6) is 5.75 Å². The van der Waals surface area contributed by atoms with Crippen LogP contribution >= 0.6 is 0 Å². The normalized spacial score (nSPS) is 17.3. The predicted octanol–water partition coefficient (Wildman–Crippen LogP) is 4.15. The van der Waals surface area contributed by atoms with Crippen LogP contribution in [0.1, 0.15) is 51.2 Å². The van der Waals surface area contributed by atoms with Gasteiger partial charge in [-0.25, -0.2) is 12.7 Å². The lowest BCUT2D eigenvalue weighted by Gasteiger charge is -2.31. The van der Waals surface area contributed by atoms with Gasteiger partial charge in [0.2, 0.25) is 15.9 Å². The maximum atomic E-state index is 12.8. The van der Waals surface area contributed by atoms with Crippen molar-refractivity contribution in [3.05, 3.63) is 65.7 Å². The fourth-order valence-electron chi connectivity index (χ4n) is 4.33. The summed E-state index contributed by atoms with van der Waals surface area (Å²) >= 11 is 0. The third kappa shape index (κ3) is 7.57. The molecular formula is C27H38N2O4S. The molecule has 186 valence electrons. The second-order valence-electron chi connectivity index (χ2n) is 9.99. The number of nitrogens with one attached hydrogen (secondary N) is 1. The largest absolute Gasteiger partial charge is 0.491 e. The molecule has 1 aliphatic rings. The van der Waals surface area contributed by atoms with Crippen molar-refractivity contribution >= 4 is 15.9 Å². The van der Waals surface area contributed by atoms with Gasteiger partial charge in [-0.15, -0.1) is 0 Å². The number of nitrogens with zero attached hydrogens (tertiary/aromatic N) is 1.